The second kappa shape index (κ2) is 5.92. The van der Waals surface area contributed by atoms with Crippen LogP contribution in [0.4, 0.5) is 0 Å². The molecule has 0 unspecified atom stereocenters. The van der Waals surface area contributed by atoms with Crippen molar-refractivity contribution in [1.82, 2.24) is 14.7 Å². The van der Waals surface area contributed by atoms with Crippen LogP contribution in [0.1, 0.15) is 40.4 Å². The molecule has 1 rings (SSSR count). The highest BCUT2D eigenvalue weighted by molar-refractivity contribution is 7.89. The summed E-state index contributed by atoms with van der Waals surface area (Å²) in [6.07, 6.45) is 1.82. The number of aromatic nitrogens is 2. The average Bonchev–Trinajstić information content (AvgIpc) is 2.75. The number of carbonyl (C=O) groups excluding carboxylic acids is 1. The molecule has 0 fully saturated rings. The molecule has 0 spiro atoms. The van der Waals surface area contributed by atoms with Crippen molar-refractivity contribution < 1.29 is 17.9 Å². The molecular formula is C12H21N3O4S. The number of aryl methyl sites for hydroxylation is 1. The van der Waals surface area contributed by atoms with Gasteiger partial charge in [-0.15, -0.1) is 0 Å². The van der Waals surface area contributed by atoms with Crippen molar-refractivity contribution in [2.24, 2.45) is 0 Å². The molecule has 0 amide bonds. The van der Waals surface area contributed by atoms with Gasteiger partial charge in [0.05, 0.1) is 6.20 Å². The Morgan fingerprint density at radius 3 is 2.55 bits per heavy atom. The molecule has 1 heterocycles. The topological polar surface area (TPSA) is 101 Å². The van der Waals surface area contributed by atoms with Gasteiger partial charge in [-0.1, -0.05) is 6.92 Å². The van der Waals surface area contributed by atoms with Gasteiger partial charge in [0.2, 0.25) is 0 Å². The molecule has 0 aromatic carbocycles. The number of carbonyl (C=O) groups is 1. The largest absolute Gasteiger partial charge is 0.459 e. The molecule has 0 radical (unpaired) electrons. The second-order valence-electron chi connectivity index (χ2n) is 5.42. The van der Waals surface area contributed by atoms with E-state index in [1.165, 1.54) is 13.1 Å². The fraction of sp³-hybridized carbons (Fsp3) is 0.667. The number of sulfonamides is 1. The number of ether oxygens (including phenoxy) is 1. The molecular weight excluding hydrogens is 282 g/mol. The standard InChI is InChI=1S/C12H21N3O4S/c1-6-9-13-7-10(14-9)20(17,18)15-8(2)11(16)19-12(3,4)5/h7-8,15H,6H2,1-5H3,(H,13,14)/t8-/m0/s1. The number of imidazole rings is 1. The number of esters is 1. The van der Waals surface area contributed by atoms with Crippen molar-refractivity contribution in [1.29, 1.82) is 0 Å². The Morgan fingerprint density at radius 1 is 1.50 bits per heavy atom. The monoisotopic (exact) mass is 303 g/mol. The molecule has 0 saturated carbocycles. The minimum Gasteiger partial charge on any atom is -0.459 e. The van der Waals surface area contributed by atoms with Gasteiger partial charge in [0.1, 0.15) is 17.5 Å². The first-order chi connectivity index (χ1) is 9.05. The highest BCUT2D eigenvalue weighted by Crippen LogP contribution is 2.11. The quantitative estimate of drug-likeness (QED) is 0.790. The third kappa shape index (κ3) is 4.61. The molecule has 0 aliphatic heterocycles. The van der Waals surface area contributed by atoms with Crippen molar-refractivity contribution in [2.75, 3.05) is 0 Å². The van der Waals surface area contributed by atoms with Crippen LogP contribution in [0.15, 0.2) is 11.2 Å². The molecule has 2 N–H and O–H groups in total. The first-order valence-electron chi connectivity index (χ1n) is 6.34. The summed E-state index contributed by atoms with van der Waals surface area (Å²) in [7, 11) is -3.82. The third-order valence-electron chi connectivity index (χ3n) is 2.32. The lowest BCUT2D eigenvalue weighted by Gasteiger charge is -2.22. The molecule has 0 aliphatic carbocycles. The SMILES string of the molecule is CCc1ncc(S(=O)(=O)N[C@@H](C)C(=O)OC(C)(C)C)[nH]1. The van der Waals surface area contributed by atoms with Crippen LogP contribution in [-0.4, -0.2) is 36.0 Å². The maximum atomic E-state index is 12.1. The molecule has 1 aromatic rings. The van der Waals surface area contributed by atoms with Gasteiger partial charge in [0, 0.05) is 6.42 Å². The Morgan fingerprint density at radius 2 is 2.10 bits per heavy atom. The number of hydrogen-bond acceptors (Lipinski definition) is 5. The minimum atomic E-state index is -3.82. The predicted octanol–water partition coefficient (Wildman–Crippen LogP) is 0.981. The fourth-order valence-corrected chi connectivity index (χ4v) is 2.53. The van der Waals surface area contributed by atoms with Gasteiger partial charge in [-0.25, -0.2) is 13.4 Å². The maximum Gasteiger partial charge on any atom is 0.324 e. The third-order valence-corrected chi connectivity index (χ3v) is 3.77. The van der Waals surface area contributed by atoms with E-state index in [-0.39, 0.29) is 5.03 Å². The Kier molecular flexibility index (Phi) is 4.93. The lowest BCUT2D eigenvalue weighted by molar-refractivity contribution is -0.156. The van der Waals surface area contributed by atoms with E-state index in [2.05, 4.69) is 14.7 Å². The predicted molar refractivity (Wildman–Crippen MR) is 73.6 cm³/mol. The Labute approximate surface area is 119 Å². The van der Waals surface area contributed by atoms with Gasteiger partial charge in [0.15, 0.2) is 5.03 Å². The zero-order chi connectivity index (χ0) is 15.6. The van der Waals surface area contributed by atoms with Crippen LogP contribution in [0, 0.1) is 0 Å². The number of hydrogen-bond donors (Lipinski definition) is 2. The van der Waals surface area contributed by atoms with E-state index in [1.54, 1.807) is 20.8 Å². The van der Waals surface area contributed by atoms with E-state index in [9.17, 15) is 13.2 Å². The van der Waals surface area contributed by atoms with Crippen LogP contribution < -0.4 is 4.72 Å². The van der Waals surface area contributed by atoms with Crippen LogP contribution >= 0.6 is 0 Å². The van der Waals surface area contributed by atoms with E-state index >= 15 is 0 Å². The molecule has 0 bridgehead atoms. The van der Waals surface area contributed by atoms with Gasteiger partial charge in [-0.05, 0) is 27.7 Å². The summed E-state index contributed by atoms with van der Waals surface area (Å²) in [5.74, 6) is -0.0633. The van der Waals surface area contributed by atoms with Crippen LogP contribution in [0.25, 0.3) is 0 Å². The van der Waals surface area contributed by atoms with E-state index in [0.29, 0.717) is 12.2 Å². The van der Waals surface area contributed by atoms with E-state index in [4.69, 9.17) is 4.74 Å². The van der Waals surface area contributed by atoms with E-state index in [1.807, 2.05) is 6.92 Å². The molecule has 0 saturated heterocycles. The summed E-state index contributed by atoms with van der Waals surface area (Å²) in [6.45, 7) is 8.44. The first kappa shape index (κ1) is 16.6. The lowest BCUT2D eigenvalue weighted by Crippen LogP contribution is -2.42. The zero-order valence-corrected chi connectivity index (χ0v) is 13.2. The van der Waals surface area contributed by atoms with Crippen LogP contribution in [-0.2, 0) is 26.0 Å². The zero-order valence-electron chi connectivity index (χ0n) is 12.4. The molecule has 114 valence electrons. The highest BCUT2D eigenvalue weighted by Gasteiger charge is 2.27. The molecule has 8 heteroatoms. The molecule has 20 heavy (non-hydrogen) atoms. The smallest absolute Gasteiger partial charge is 0.324 e. The van der Waals surface area contributed by atoms with Crippen molar-refractivity contribution in [2.45, 2.75) is 57.7 Å². The average molecular weight is 303 g/mol. The molecule has 1 atom stereocenters. The van der Waals surface area contributed by atoms with Crippen molar-refractivity contribution in [3.8, 4) is 0 Å². The summed E-state index contributed by atoms with van der Waals surface area (Å²) >= 11 is 0. The van der Waals surface area contributed by atoms with Crippen LogP contribution in [0.5, 0.6) is 0 Å². The highest BCUT2D eigenvalue weighted by atomic mass is 32.2. The van der Waals surface area contributed by atoms with E-state index in [0.717, 1.165) is 0 Å². The Bertz CT molecular complexity index is 572. The molecule has 7 nitrogen and oxygen atoms in total. The number of nitrogens with zero attached hydrogens (tertiary/aromatic N) is 1. The number of H-pyrrole nitrogens is 1. The second-order valence-corrected chi connectivity index (χ2v) is 7.11. The summed E-state index contributed by atoms with van der Waals surface area (Å²) in [5, 5.41) is -0.0650. The van der Waals surface area contributed by atoms with Gasteiger partial charge < -0.3 is 9.72 Å². The molecule has 1 aromatic heterocycles. The first-order valence-corrected chi connectivity index (χ1v) is 7.82. The Balaban J connectivity index is 2.78. The summed E-state index contributed by atoms with van der Waals surface area (Å²) in [5.41, 5.74) is -0.667. The number of aromatic amines is 1. The normalized spacial score (nSPS) is 14.1. The van der Waals surface area contributed by atoms with Gasteiger partial charge >= 0.3 is 5.97 Å². The van der Waals surface area contributed by atoms with Gasteiger partial charge in [-0.2, -0.15) is 4.72 Å². The number of rotatable bonds is 5. The van der Waals surface area contributed by atoms with Gasteiger partial charge in [0.25, 0.3) is 10.0 Å². The van der Waals surface area contributed by atoms with Crippen molar-refractivity contribution in [3.05, 3.63) is 12.0 Å². The minimum absolute atomic E-state index is 0.0650. The van der Waals surface area contributed by atoms with Crippen LogP contribution in [0.2, 0.25) is 0 Å². The van der Waals surface area contributed by atoms with Crippen LogP contribution in [0.3, 0.4) is 0 Å². The summed E-state index contributed by atoms with van der Waals surface area (Å²) in [4.78, 5) is 18.4. The summed E-state index contributed by atoms with van der Waals surface area (Å²) in [6, 6.07) is -0.979. The number of nitrogens with one attached hydrogen (secondary N) is 2. The van der Waals surface area contributed by atoms with Gasteiger partial charge in [-0.3, -0.25) is 4.79 Å². The van der Waals surface area contributed by atoms with Crippen molar-refractivity contribution in [3.63, 3.8) is 0 Å². The lowest BCUT2D eigenvalue weighted by atomic mass is 10.2. The fourth-order valence-electron chi connectivity index (χ4n) is 1.39. The maximum absolute atomic E-state index is 12.1. The van der Waals surface area contributed by atoms with E-state index < -0.39 is 27.6 Å². The Hall–Kier alpha value is -1.41. The van der Waals surface area contributed by atoms with Crippen molar-refractivity contribution >= 4 is 16.0 Å². The molecule has 0 aliphatic rings. The summed E-state index contributed by atoms with van der Waals surface area (Å²) < 4.78 is 31.5.